The molecule has 21 heavy (non-hydrogen) atoms. The summed E-state index contributed by atoms with van der Waals surface area (Å²) < 4.78 is 5.28. The number of nitro groups is 1. The van der Waals surface area contributed by atoms with Crippen molar-refractivity contribution >= 4 is 11.4 Å². The number of nitrogens with one attached hydrogen (secondary N) is 1. The molecule has 1 saturated heterocycles. The molecule has 7 heteroatoms. The molecule has 1 N–H and O–H groups in total. The van der Waals surface area contributed by atoms with Crippen LogP contribution in [0.4, 0.5) is 11.4 Å². The Morgan fingerprint density at radius 3 is 2.86 bits per heavy atom. The minimum absolute atomic E-state index is 0.0816. The zero-order chi connectivity index (χ0) is 15.1. The van der Waals surface area contributed by atoms with Gasteiger partial charge in [-0.1, -0.05) is 6.07 Å². The summed E-state index contributed by atoms with van der Waals surface area (Å²) in [6.45, 7) is 4.97. The molecule has 112 valence electrons. The first-order chi connectivity index (χ1) is 10.2. The molecule has 0 atom stereocenters. The smallest absolute Gasteiger partial charge is 0.309 e. The number of hydrogen-bond acceptors (Lipinski definition) is 6. The summed E-state index contributed by atoms with van der Waals surface area (Å²) >= 11 is 0. The Labute approximate surface area is 123 Å². The van der Waals surface area contributed by atoms with Crippen LogP contribution >= 0.6 is 0 Å². The number of hydrogen-bond donors (Lipinski definition) is 1. The lowest BCUT2D eigenvalue weighted by molar-refractivity contribution is -0.384. The summed E-state index contributed by atoms with van der Waals surface area (Å²) in [5, 5.41) is 23.1. The van der Waals surface area contributed by atoms with E-state index in [1.165, 1.54) is 6.07 Å². The molecule has 1 aliphatic heterocycles. The van der Waals surface area contributed by atoms with Gasteiger partial charge in [0.1, 0.15) is 17.3 Å². The van der Waals surface area contributed by atoms with Crippen LogP contribution in [0.3, 0.4) is 0 Å². The van der Waals surface area contributed by atoms with E-state index in [2.05, 4.69) is 10.2 Å². The number of nitrogens with zero attached hydrogens (tertiary/aromatic N) is 3. The van der Waals surface area contributed by atoms with Gasteiger partial charge in [-0.15, -0.1) is 0 Å². The minimum atomic E-state index is -0.511. The summed E-state index contributed by atoms with van der Waals surface area (Å²) in [6.07, 6.45) is 0.883. The molecule has 1 fully saturated rings. The molecule has 0 spiro atoms. The van der Waals surface area contributed by atoms with E-state index >= 15 is 0 Å². The predicted octanol–water partition coefficient (Wildman–Crippen LogP) is 1.60. The van der Waals surface area contributed by atoms with Gasteiger partial charge in [0, 0.05) is 19.6 Å². The summed E-state index contributed by atoms with van der Waals surface area (Å²) in [7, 11) is 0. The molecule has 1 aliphatic rings. The Morgan fingerprint density at radius 1 is 1.43 bits per heavy atom. The lowest BCUT2D eigenvalue weighted by atomic mass is 10.1. The maximum Gasteiger partial charge on any atom is 0.309 e. The maximum atomic E-state index is 11.1. The fourth-order valence-electron chi connectivity index (χ4n) is 2.32. The number of para-hydroxylation sites is 1. The maximum absolute atomic E-state index is 11.1. The van der Waals surface area contributed by atoms with E-state index in [1.54, 1.807) is 12.1 Å². The van der Waals surface area contributed by atoms with Crippen LogP contribution in [0.2, 0.25) is 0 Å². The van der Waals surface area contributed by atoms with E-state index in [0.29, 0.717) is 12.2 Å². The molecular formula is C14H18N4O3. The molecule has 0 bridgehead atoms. The average molecular weight is 290 g/mol. The zero-order valence-corrected chi connectivity index (χ0v) is 11.7. The Hall–Kier alpha value is -2.17. The van der Waals surface area contributed by atoms with Crippen LogP contribution in [-0.2, 0) is 4.74 Å². The van der Waals surface area contributed by atoms with Crippen molar-refractivity contribution in [3.63, 3.8) is 0 Å². The van der Waals surface area contributed by atoms with Crippen molar-refractivity contribution in [1.82, 2.24) is 4.90 Å². The van der Waals surface area contributed by atoms with Crippen LogP contribution in [0.25, 0.3) is 0 Å². The number of morpholine rings is 1. The third-order valence-corrected chi connectivity index (χ3v) is 3.41. The van der Waals surface area contributed by atoms with Gasteiger partial charge in [0.25, 0.3) is 0 Å². The molecule has 0 aromatic heterocycles. The Bertz CT molecular complexity index is 536. The third-order valence-electron chi connectivity index (χ3n) is 3.41. The molecule has 0 unspecified atom stereocenters. The van der Waals surface area contributed by atoms with Crippen molar-refractivity contribution in [2.45, 2.75) is 6.42 Å². The van der Waals surface area contributed by atoms with Gasteiger partial charge in [-0.25, -0.2) is 0 Å². The van der Waals surface area contributed by atoms with Crippen molar-refractivity contribution in [2.24, 2.45) is 0 Å². The van der Waals surface area contributed by atoms with E-state index in [0.717, 1.165) is 39.3 Å². The SMILES string of the molecule is N#Cc1cccc(NCCCN2CCOCC2)c1[N+](=O)[O-]. The van der Waals surface area contributed by atoms with E-state index < -0.39 is 4.92 Å². The highest BCUT2D eigenvalue weighted by molar-refractivity contribution is 5.68. The van der Waals surface area contributed by atoms with Crippen LogP contribution in [-0.4, -0.2) is 49.2 Å². The van der Waals surface area contributed by atoms with E-state index in [4.69, 9.17) is 10.00 Å². The second-order valence-corrected chi connectivity index (χ2v) is 4.80. The van der Waals surface area contributed by atoms with Gasteiger partial charge in [-0.2, -0.15) is 5.26 Å². The normalized spacial score (nSPS) is 15.4. The average Bonchev–Trinajstić information content (AvgIpc) is 2.52. The fraction of sp³-hybridized carbons (Fsp3) is 0.500. The zero-order valence-electron chi connectivity index (χ0n) is 11.7. The van der Waals surface area contributed by atoms with Crippen LogP contribution in [0.5, 0.6) is 0 Å². The Kier molecular flexibility index (Phi) is 5.49. The fourth-order valence-corrected chi connectivity index (χ4v) is 2.32. The molecule has 2 rings (SSSR count). The van der Waals surface area contributed by atoms with Crippen molar-refractivity contribution in [2.75, 3.05) is 44.7 Å². The number of anilines is 1. The number of benzene rings is 1. The van der Waals surface area contributed by atoms with Gasteiger partial charge < -0.3 is 10.1 Å². The lowest BCUT2D eigenvalue weighted by Crippen LogP contribution is -2.37. The minimum Gasteiger partial charge on any atom is -0.379 e. The van der Waals surface area contributed by atoms with Crippen molar-refractivity contribution < 1.29 is 9.66 Å². The van der Waals surface area contributed by atoms with Gasteiger partial charge >= 0.3 is 5.69 Å². The first-order valence-electron chi connectivity index (χ1n) is 6.94. The van der Waals surface area contributed by atoms with E-state index in [9.17, 15) is 10.1 Å². The first-order valence-corrected chi connectivity index (χ1v) is 6.94. The highest BCUT2D eigenvalue weighted by atomic mass is 16.6. The molecule has 1 aromatic rings. The summed E-state index contributed by atoms with van der Waals surface area (Å²) in [5.74, 6) is 0. The lowest BCUT2D eigenvalue weighted by Gasteiger charge is -2.26. The van der Waals surface area contributed by atoms with Crippen LogP contribution in [0, 0.1) is 21.4 Å². The predicted molar refractivity (Wildman–Crippen MR) is 78.2 cm³/mol. The Morgan fingerprint density at radius 2 is 2.19 bits per heavy atom. The first kappa shape index (κ1) is 15.2. The summed E-state index contributed by atoms with van der Waals surface area (Å²) in [4.78, 5) is 12.9. The van der Waals surface area contributed by atoms with Gasteiger partial charge in [0.05, 0.1) is 18.1 Å². The summed E-state index contributed by atoms with van der Waals surface area (Å²) in [5.41, 5.74) is 0.338. The van der Waals surface area contributed by atoms with Crippen LogP contribution in [0.1, 0.15) is 12.0 Å². The van der Waals surface area contributed by atoms with Crippen LogP contribution in [0.15, 0.2) is 18.2 Å². The number of ether oxygens (including phenoxy) is 1. The van der Waals surface area contributed by atoms with Gasteiger partial charge in [-0.3, -0.25) is 15.0 Å². The van der Waals surface area contributed by atoms with Crippen molar-refractivity contribution in [1.29, 1.82) is 5.26 Å². The van der Waals surface area contributed by atoms with Gasteiger partial charge in [-0.05, 0) is 25.1 Å². The summed E-state index contributed by atoms with van der Waals surface area (Å²) in [6, 6.07) is 6.59. The molecule has 0 amide bonds. The molecule has 1 heterocycles. The number of rotatable bonds is 6. The van der Waals surface area contributed by atoms with Crippen molar-refractivity contribution in [3.05, 3.63) is 33.9 Å². The monoisotopic (exact) mass is 290 g/mol. The number of nitro benzene ring substituents is 1. The van der Waals surface area contributed by atoms with E-state index in [-0.39, 0.29) is 11.3 Å². The second-order valence-electron chi connectivity index (χ2n) is 4.80. The van der Waals surface area contributed by atoms with Gasteiger partial charge in [0.15, 0.2) is 0 Å². The quantitative estimate of drug-likeness (QED) is 0.486. The highest BCUT2D eigenvalue weighted by Gasteiger charge is 2.19. The number of nitriles is 1. The molecule has 7 nitrogen and oxygen atoms in total. The molecule has 0 radical (unpaired) electrons. The van der Waals surface area contributed by atoms with Crippen LogP contribution < -0.4 is 5.32 Å². The molecule has 0 saturated carbocycles. The molecule has 1 aromatic carbocycles. The Balaban J connectivity index is 1.88. The van der Waals surface area contributed by atoms with E-state index in [1.807, 2.05) is 6.07 Å². The molecular weight excluding hydrogens is 272 g/mol. The van der Waals surface area contributed by atoms with Crippen molar-refractivity contribution in [3.8, 4) is 6.07 Å². The largest absolute Gasteiger partial charge is 0.379 e. The third kappa shape index (κ3) is 4.15. The molecule has 0 aliphatic carbocycles. The second kappa shape index (κ2) is 7.57. The highest BCUT2D eigenvalue weighted by Crippen LogP contribution is 2.27. The standard InChI is InChI=1S/C14H18N4O3/c15-11-12-3-1-4-13(14(12)18(19)20)16-5-2-6-17-7-9-21-10-8-17/h1,3-4,16H,2,5-10H2. The van der Waals surface area contributed by atoms with Gasteiger partial charge in [0.2, 0.25) is 0 Å². The topological polar surface area (TPSA) is 91.4 Å².